The van der Waals surface area contributed by atoms with Crippen molar-refractivity contribution in [1.82, 2.24) is 5.32 Å². The zero-order chi connectivity index (χ0) is 21.4. The Bertz CT molecular complexity index is 847. The molecule has 8 heteroatoms. The Balaban J connectivity index is 1.61. The third kappa shape index (κ3) is 6.41. The quantitative estimate of drug-likeness (QED) is 0.664. The summed E-state index contributed by atoms with van der Waals surface area (Å²) in [6, 6.07) is 17.0. The first-order chi connectivity index (χ1) is 14.4. The highest BCUT2D eigenvalue weighted by Gasteiger charge is 2.44. The number of ether oxygens (including phenoxy) is 2. The van der Waals surface area contributed by atoms with Gasteiger partial charge in [0.2, 0.25) is 6.41 Å². The van der Waals surface area contributed by atoms with Crippen LogP contribution in [0, 0.1) is 0 Å². The molecule has 1 aliphatic carbocycles. The van der Waals surface area contributed by atoms with Crippen LogP contribution in [0.25, 0.3) is 0 Å². The minimum Gasteiger partial charge on any atom is -0.443 e. The number of aliphatic hydroxyl groups excluding tert-OH is 1. The van der Waals surface area contributed by atoms with Gasteiger partial charge in [0.1, 0.15) is 12.3 Å². The molecule has 0 aliphatic heterocycles. The molecule has 0 aromatic heterocycles. The van der Waals surface area contributed by atoms with E-state index < -0.39 is 36.6 Å². The van der Waals surface area contributed by atoms with Crippen LogP contribution in [0.5, 0.6) is 0 Å². The Kier molecular flexibility index (Phi) is 7.62. The summed E-state index contributed by atoms with van der Waals surface area (Å²) in [6.07, 6.45) is -2.51. The van der Waals surface area contributed by atoms with E-state index in [1.165, 1.54) is 0 Å². The molecule has 1 fully saturated rings. The van der Waals surface area contributed by atoms with Gasteiger partial charge in [0.25, 0.3) is 5.92 Å². The highest BCUT2D eigenvalue weighted by molar-refractivity contribution is 6.02. The number of nitrogens with one attached hydrogen (secondary N) is 1. The zero-order valence-electron chi connectivity index (χ0n) is 16.3. The third-order valence-electron chi connectivity index (χ3n) is 4.70. The maximum Gasteiger partial charge on any atom is 0.434 e. The lowest BCUT2D eigenvalue weighted by Crippen LogP contribution is -2.53. The lowest BCUT2D eigenvalue weighted by atomic mass is 9.90. The Morgan fingerprint density at radius 2 is 1.70 bits per heavy atom. The molecule has 0 heterocycles. The molecule has 6 nitrogen and oxygen atoms in total. The fourth-order valence-electron chi connectivity index (χ4n) is 3.19. The summed E-state index contributed by atoms with van der Waals surface area (Å²) < 4.78 is 39.2. The molecule has 1 aliphatic rings. The van der Waals surface area contributed by atoms with E-state index in [2.05, 4.69) is 10.3 Å². The number of carbonyl (C=O) groups is 1. The average Bonchev–Trinajstić information content (AvgIpc) is 2.74. The SMILES string of the molecule is O=C(N=C1C(NC(O)OCc2ccccc2)CCCC1(F)F)OCc1ccccc1. The van der Waals surface area contributed by atoms with Crippen LogP contribution in [0.4, 0.5) is 13.6 Å². The molecule has 0 bridgehead atoms. The van der Waals surface area contributed by atoms with Crippen molar-refractivity contribution < 1.29 is 28.2 Å². The van der Waals surface area contributed by atoms with E-state index >= 15 is 0 Å². The summed E-state index contributed by atoms with van der Waals surface area (Å²) in [5, 5.41) is 12.7. The van der Waals surface area contributed by atoms with Crippen molar-refractivity contribution in [3.05, 3.63) is 71.8 Å². The van der Waals surface area contributed by atoms with Crippen molar-refractivity contribution in [2.24, 2.45) is 4.99 Å². The molecule has 2 unspecified atom stereocenters. The molecular weight excluding hydrogens is 394 g/mol. The molecule has 0 saturated heterocycles. The number of aliphatic imine (C=N–C) groups is 1. The first-order valence-corrected chi connectivity index (χ1v) is 9.71. The molecule has 2 aromatic carbocycles. The number of aliphatic hydroxyl groups is 1. The van der Waals surface area contributed by atoms with Gasteiger partial charge in [-0.05, 0) is 24.0 Å². The van der Waals surface area contributed by atoms with E-state index in [9.17, 15) is 18.7 Å². The molecule has 2 N–H and O–H groups in total. The van der Waals surface area contributed by atoms with Gasteiger partial charge in [-0.25, -0.2) is 4.79 Å². The van der Waals surface area contributed by atoms with E-state index in [1.54, 1.807) is 24.3 Å². The second-order valence-corrected chi connectivity index (χ2v) is 7.00. The summed E-state index contributed by atoms with van der Waals surface area (Å²) in [4.78, 5) is 15.6. The van der Waals surface area contributed by atoms with Gasteiger partial charge in [-0.15, -0.1) is 0 Å². The van der Waals surface area contributed by atoms with Gasteiger partial charge in [-0.1, -0.05) is 60.7 Å². The summed E-state index contributed by atoms with van der Waals surface area (Å²) in [5.74, 6) is -3.28. The topological polar surface area (TPSA) is 80.2 Å². The van der Waals surface area contributed by atoms with Gasteiger partial charge in [-0.2, -0.15) is 13.8 Å². The van der Waals surface area contributed by atoms with Crippen LogP contribution in [-0.2, 0) is 22.7 Å². The smallest absolute Gasteiger partial charge is 0.434 e. The summed E-state index contributed by atoms with van der Waals surface area (Å²) in [5.41, 5.74) is 0.903. The summed E-state index contributed by atoms with van der Waals surface area (Å²) in [7, 11) is 0. The standard InChI is InChI=1S/C22H24F2N2O4/c23-22(24)13-7-12-18(25-20(27)29-14-16-8-3-1-4-9-16)19(22)26-21(28)30-15-17-10-5-2-6-11-17/h1-6,8-11,18,20,25,27H,7,12-15H2. The van der Waals surface area contributed by atoms with Crippen molar-refractivity contribution >= 4 is 11.8 Å². The van der Waals surface area contributed by atoms with Crippen LogP contribution in [0.15, 0.2) is 65.7 Å². The highest BCUT2D eigenvalue weighted by Crippen LogP contribution is 2.32. The van der Waals surface area contributed by atoms with E-state index in [0.29, 0.717) is 0 Å². The fraction of sp³-hybridized carbons (Fsp3) is 0.364. The van der Waals surface area contributed by atoms with Crippen molar-refractivity contribution in [1.29, 1.82) is 0 Å². The Hall–Kier alpha value is -2.68. The molecular formula is C22H24F2N2O4. The highest BCUT2D eigenvalue weighted by atomic mass is 19.3. The van der Waals surface area contributed by atoms with Gasteiger partial charge in [-0.3, -0.25) is 5.32 Å². The molecule has 160 valence electrons. The van der Waals surface area contributed by atoms with Crippen LogP contribution < -0.4 is 5.32 Å². The molecule has 0 spiro atoms. The number of rotatable bonds is 7. The number of benzene rings is 2. The molecule has 1 saturated carbocycles. The Morgan fingerprint density at radius 1 is 1.10 bits per heavy atom. The number of halogens is 2. The largest absolute Gasteiger partial charge is 0.443 e. The van der Waals surface area contributed by atoms with E-state index in [0.717, 1.165) is 11.1 Å². The lowest BCUT2D eigenvalue weighted by molar-refractivity contribution is -0.132. The van der Waals surface area contributed by atoms with Gasteiger partial charge in [0.15, 0.2) is 0 Å². The first kappa shape index (κ1) is 22.0. The number of carbonyl (C=O) groups excluding carboxylic acids is 1. The minimum absolute atomic E-state index is 0.0665. The van der Waals surface area contributed by atoms with Crippen LogP contribution in [0.3, 0.4) is 0 Å². The van der Waals surface area contributed by atoms with Crippen molar-refractivity contribution in [2.75, 3.05) is 0 Å². The van der Waals surface area contributed by atoms with E-state index in [4.69, 9.17) is 9.47 Å². The number of nitrogens with zero attached hydrogens (tertiary/aromatic N) is 1. The summed E-state index contributed by atoms with van der Waals surface area (Å²) in [6.45, 7) is 0.0344. The molecule has 0 radical (unpaired) electrons. The Labute approximate surface area is 173 Å². The molecule has 3 rings (SSSR count). The van der Waals surface area contributed by atoms with Gasteiger partial charge in [0, 0.05) is 6.42 Å². The second-order valence-electron chi connectivity index (χ2n) is 7.00. The van der Waals surface area contributed by atoms with Crippen molar-refractivity contribution in [3.8, 4) is 0 Å². The predicted octanol–water partition coefficient (Wildman–Crippen LogP) is 4.03. The van der Waals surface area contributed by atoms with Gasteiger partial charge in [0.05, 0.1) is 12.6 Å². The third-order valence-corrected chi connectivity index (χ3v) is 4.70. The van der Waals surface area contributed by atoms with E-state index in [1.807, 2.05) is 36.4 Å². The lowest BCUT2D eigenvalue weighted by Gasteiger charge is -2.32. The average molecular weight is 418 g/mol. The van der Waals surface area contributed by atoms with Crippen LogP contribution in [0.2, 0.25) is 0 Å². The summed E-state index contributed by atoms with van der Waals surface area (Å²) >= 11 is 0. The normalized spacial score (nSPS) is 20.6. The van der Waals surface area contributed by atoms with Gasteiger partial charge >= 0.3 is 6.09 Å². The van der Waals surface area contributed by atoms with Gasteiger partial charge < -0.3 is 14.6 Å². The maximum atomic E-state index is 14.4. The van der Waals surface area contributed by atoms with Crippen molar-refractivity contribution in [2.45, 2.75) is 50.9 Å². The minimum atomic E-state index is -3.28. The van der Waals surface area contributed by atoms with Crippen LogP contribution >= 0.6 is 0 Å². The zero-order valence-corrected chi connectivity index (χ0v) is 16.3. The molecule has 1 amide bonds. The number of amides is 1. The first-order valence-electron chi connectivity index (χ1n) is 9.71. The molecule has 30 heavy (non-hydrogen) atoms. The predicted molar refractivity (Wildman–Crippen MR) is 107 cm³/mol. The maximum absolute atomic E-state index is 14.4. The van der Waals surface area contributed by atoms with Crippen molar-refractivity contribution in [3.63, 3.8) is 0 Å². The number of hydrogen-bond acceptors (Lipinski definition) is 5. The second kappa shape index (κ2) is 10.4. The van der Waals surface area contributed by atoms with Crippen LogP contribution in [0.1, 0.15) is 30.4 Å². The number of alkyl halides is 2. The monoisotopic (exact) mass is 418 g/mol. The van der Waals surface area contributed by atoms with E-state index in [-0.39, 0.29) is 26.1 Å². The van der Waals surface area contributed by atoms with Crippen LogP contribution in [-0.4, -0.2) is 35.3 Å². The fourth-order valence-corrected chi connectivity index (χ4v) is 3.19. The number of hydrogen-bond donors (Lipinski definition) is 2. The molecule has 2 aromatic rings. The molecule has 2 atom stereocenters. The Morgan fingerprint density at radius 3 is 2.33 bits per heavy atom.